The number of halogens is 7. The molecule has 0 bridgehead atoms. The van der Waals surface area contributed by atoms with Crippen LogP contribution < -0.4 is 5.32 Å². The molecule has 0 saturated carbocycles. The number of anilines is 1. The summed E-state index contributed by atoms with van der Waals surface area (Å²) in [5.41, 5.74) is -1.04. The lowest BCUT2D eigenvalue weighted by Gasteiger charge is -2.15. The van der Waals surface area contributed by atoms with Gasteiger partial charge in [-0.15, -0.1) is 0 Å². The zero-order chi connectivity index (χ0) is 18.1. The summed E-state index contributed by atoms with van der Waals surface area (Å²) in [6.07, 6.45) is -3.45. The first-order chi connectivity index (χ1) is 11.1. The van der Waals surface area contributed by atoms with Gasteiger partial charge in [0.05, 0.1) is 26.7 Å². The van der Waals surface area contributed by atoms with Crippen LogP contribution in [-0.2, 0) is 6.18 Å². The average molecular weight is 406 g/mol. The summed E-state index contributed by atoms with van der Waals surface area (Å²) in [6.45, 7) is 2.10. The fourth-order valence-electron chi connectivity index (χ4n) is 1.95. The Morgan fingerprint density at radius 2 is 1.83 bits per heavy atom. The molecule has 24 heavy (non-hydrogen) atoms. The molecule has 0 saturated heterocycles. The maximum atomic E-state index is 12.8. The number of hydrogen-bond donors (Lipinski definition) is 1. The molecule has 0 aliphatic carbocycles. The van der Waals surface area contributed by atoms with Crippen molar-refractivity contribution in [3.05, 3.63) is 33.9 Å². The third-order valence-electron chi connectivity index (χ3n) is 2.85. The van der Waals surface area contributed by atoms with Gasteiger partial charge in [-0.05, 0) is 30.8 Å². The van der Waals surface area contributed by atoms with Crippen LogP contribution in [0.25, 0.3) is 5.69 Å². The van der Waals surface area contributed by atoms with E-state index >= 15 is 0 Å². The van der Waals surface area contributed by atoms with E-state index < -0.39 is 17.5 Å². The second-order valence-corrected chi connectivity index (χ2v) is 6.31. The quantitative estimate of drug-likeness (QED) is 0.492. The Labute approximate surface area is 148 Å². The van der Waals surface area contributed by atoms with E-state index in [0.717, 1.165) is 4.68 Å². The van der Waals surface area contributed by atoms with Crippen LogP contribution in [0.2, 0.25) is 10.0 Å². The van der Waals surface area contributed by atoms with Crippen LogP contribution in [0, 0.1) is 0 Å². The lowest BCUT2D eigenvalue weighted by atomic mass is 10.2. The minimum Gasteiger partial charge on any atom is -0.369 e. The van der Waals surface area contributed by atoms with Crippen LogP contribution in [-0.4, -0.2) is 22.1 Å². The Morgan fingerprint density at radius 1 is 1.25 bits per heavy atom. The summed E-state index contributed by atoms with van der Waals surface area (Å²) in [5.74, 6) is -2.51. The lowest BCUT2D eigenvalue weighted by molar-refractivity contribution is -0.137. The molecule has 132 valence electrons. The predicted molar refractivity (Wildman–Crippen MR) is 84.6 cm³/mol. The highest BCUT2D eigenvalue weighted by Gasteiger charge is 2.32. The number of alkyl halides is 5. The van der Waals surface area contributed by atoms with E-state index in [1.807, 2.05) is 0 Å². The zero-order valence-electron chi connectivity index (χ0n) is 12.0. The highest BCUT2D eigenvalue weighted by molar-refractivity contribution is 7.99. The molecule has 1 heterocycles. The van der Waals surface area contributed by atoms with E-state index in [4.69, 9.17) is 23.2 Å². The fraction of sp³-hybridized carbons (Fsp3) is 0.308. The van der Waals surface area contributed by atoms with Gasteiger partial charge in [0, 0.05) is 6.54 Å². The molecule has 1 N–H and O–H groups in total. The van der Waals surface area contributed by atoms with Gasteiger partial charge in [0.1, 0.15) is 11.5 Å². The summed E-state index contributed by atoms with van der Waals surface area (Å²) >= 11 is 12.1. The molecule has 0 atom stereocenters. The van der Waals surface area contributed by atoms with Crippen LogP contribution >= 0.6 is 35.0 Å². The SMILES string of the molecule is CCNc1c(SC(F)F)cnn1-c1c(Cl)cc(C(F)(F)F)cc1Cl. The summed E-state index contributed by atoms with van der Waals surface area (Å²) in [5, 5.41) is 6.16. The normalized spacial score (nSPS) is 12.0. The largest absolute Gasteiger partial charge is 0.416 e. The van der Waals surface area contributed by atoms with Crippen molar-refractivity contribution in [2.75, 3.05) is 11.9 Å². The van der Waals surface area contributed by atoms with Crippen molar-refractivity contribution < 1.29 is 22.0 Å². The molecule has 3 nitrogen and oxygen atoms in total. The highest BCUT2D eigenvalue weighted by atomic mass is 35.5. The van der Waals surface area contributed by atoms with Crippen LogP contribution in [0.15, 0.2) is 23.2 Å². The zero-order valence-corrected chi connectivity index (χ0v) is 14.3. The van der Waals surface area contributed by atoms with Gasteiger partial charge >= 0.3 is 6.18 Å². The van der Waals surface area contributed by atoms with Gasteiger partial charge in [0.2, 0.25) is 0 Å². The lowest BCUT2D eigenvalue weighted by Crippen LogP contribution is -2.10. The predicted octanol–water partition coefficient (Wildman–Crippen LogP) is 5.94. The van der Waals surface area contributed by atoms with Gasteiger partial charge in [0.25, 0.3) is 5.76 Å². The number of aromatic nitrogens is 2. The van der Waals surface area contributed by atoms with Crippen molar-refractivity contribution in [1.29, 1.82) is 0 Å². The molecule has 0 amide bonds. The van der Waals surface area contributed by atoms with Crippen LogP contribution in [0.3, 0.4) is 0 Å². The Balaban J connectivity index is 2.58. The standard InChI is InChI=1S/C13H10Cl2F5N3S/c1-2-21-11-9(24-12(16)17)5-22-23(11)10-7(14)3-6(4-8(10)15)13(18,19)20/h3-5,12,21H,2H2,1H3. The minimum atomic E-state index is -4.61. The summed E-state index contributed by atoms with van der Waals surface area (Å²) in [4.78, 5) is 0.124. The molecule has 2 rings (SSSR count). The summed E-state index contributed by atoms with van der Waals surface area (Å²) in [6, 6.07) is 1.42. The van der Waals surface area contributed by atoms with Crippen molar-refractivity contribution in [2.45, 2.75) is 23.8 Å². The number of nitrogens with one attached hydrogen (secondary N) is 1. The van der Waals surface area contributed by atoms with E-state index in [1.165, 1.54) is 6.20 Å². The first-order valence-electron chi connectivity index (χ1n) is 6.48. The Morgan fingerprint density at radius 3 is 2.29 bits per heavy atom. The van der Waals surface area contributed by atoms with E-state index in [9.17, 15) is 22.0 Å². The number of rotatable bonds is 5. The van der Waals surface area contributed by atoms with Gasteiger partial charge in [-0.25, -0.2) is 4.68 Å². The van der Waals surface area contributed by atoms with E-state index in [-0.39, 0.29) is 38.2 Å². The van der Waals surface area contributed by atoms with E-state index in [2.05, 4.69) is 10.4 Å². The van der Waals surface area contributed by atoms with Gasteiger partial charge < -0.3 is 5.32 Å². The minimum absolute atomic E-state index is 0.0246. The Kier molecular flexibility index (Phi) is 5.87. The number of thioether (sulfide) groups is 1. The first-order valence-corrected chi connectivity index (χ1v) is 8.12. The van der Waals surface area contributed by atoms with Crippen molar-refractivity contribution in [1.82, 2.24) is 9.78 Å². The molecule has 1 aromatic heterocycles. The third-order valence-corrected chi connectivity index (χ3v) is 4.16. The van der Waals surface area contributed by atoms with Gasteiger partial charge in [-0.2, -0.15) is 27.1 Å². The van der Waals surface area contributed by atoms with Crippen molar-refractivity contribution in [2.24, 2.45) is 0 Å². The maximum Gasteiger partial charge on any atom is 0.416 e. The average Bonchev–Trinajstić information content (AvgIpc) is 2.80. The Hall–Kier alpha value is -1.19. The summed E-state index contributed by atoms with van der Waals surface area (Å²) < 4.78 is 64.7. The molecule has 0 aliphatic heterocycles. The Bertz CT molecular complexity index is 710. The topological polar surface area (TPSA) is 29.9 Å². The van der Waals surface area contributed by atoms with Gasteiger partial charge in [-0.3, -0.25) is 0 Å². The molecular weight excluding hydrogens is 396 g/mol. The molecule has 0 spiro atoms. The smallest absolute Gasteiger partial charge is 0.369 e. The van der Waals surface area contributed by atoms with E-state index in [0.29, 0.717) is 18.7 Å². The maximum absolute atomic E-state index is 12.8. The molecule has 0 fully saturated rings. The fourth-order valence-corrected chi connectivity index (χ4v) is 3.16. The summed E-state index contributed by atoms with van der Waals surface area (Å²) in [7, 11) is 0. The molecule has 0 aliphatic rings. The number of nitrogens with zero attached hydrogens (tertiary/aromatic N) is 2. The van der Waals surface area contributed by atoms with E-state index in [1.54, 1.807) is 6.92 Å². The van der Waals surface area contributed by atoms with Crippen molar-refractivity contribution >= 4 is 40.8 Å². The second-order valence-electron chi connectivity index (χ2n) is 4.46. The molecule has 0 radical (unpaired) electrons. The molecule has 2 aromatic rings. The third kappa shape index (κ3) is 4.07. The molecule has 1 aromatic carbocycles. The van der Waals surface area contributed by atoms with Crippen molar-refractivity contribution in [3.8, 4) is 5.69 Å². The van der Waals surface area contributed by atoms with Crippen LogP contribution in [0.1, 0.15) is 12.5 Å². The molecule has 0 unspecified atom stereocenters. The monoisotopic (exact) mass is 405 g/mol. The number of hydrogen-bond acceptors (Lipinski definition) is 3. The number of benzene rings is 1. The second kappa shape index (κ2) is 7.37. The molecular formula is C13H10Cl2F5N3S. The van der Waals surface area contributed by atoms with Gasteiger partial charge in [0.15, 0.2) is 0 Å². The van der Waals surface area contributed by atoms with Crippen LogP contribution in [0.4, 0.5) is 27.8 Å². The molecule has 11 heteroatoms. The highest BCUT2D eigenvalue weighted by Crippen LogP contribution is 2.40. The van der Waals surface area contributed by atoms with Crippen molar-refractivity contribution in [3.63, 3.8) is 0 Å². The first kappa shape index (κ1) is 19.1. The van der Waals surface area contributed by atoms with Crippen LogP contribution in [0.5, 0.6) is 0 Å². The van der Waals surface area contributed by atoms with Gasteiger partial charge in [-0.1, -0.05) is 23.2 Å².